The van der Waals surface area contributed by atoms with Crippen molar-refractivity contribution in [1.29, 1.82) is 0 Å². The molecule has 0 aliphatic carbocycles. The molecule has 4 nitrogen and oxygen atoms in total. The van der Waals surface area contributed by atoms with E-state index in [-0.39, 0.29) is 0 Å². The van der Waals surface area contributed by atoms with Gasteiger partial charge in [-0.2, -0.15) is 0 Å². The van der Waals surface area contributed by atoms with E-state index >= 15 is 0 Å². The topological polar surface area (TPSA) is 47.6 Å². The maximum Gasteiger partial charge on any atom is 0.407 e. The van der Waals surface area contributed by atoms with Gasteiger partial charge >= 0.3 is 6.09 Å². The molecule has 1 aliphatic rings. The zero-order chi connectivity index (χ0) is 18.6. The highest BCUT2D eigenvalue weighted by atomic mass is 79.9. The largest absolute Gasteiger partial charge is 0.479 e. The Balaban J connectivity index is 1.82. The number of halogens is 2. The third kappa shape index (κ3) is 3.99. The zero-order valence-electron chi connectivity index (χ0n) is 14.6. The van der Waals surface area contributed by atoms with Crippen LogP contribution in [-0.4, -0.2) is 19.2 Å². The molecular weight excluding hydrogens is 418 g/mol. The number of carbonyl (C=O) groups is 1. The van der Waals surface area contributed by atoms with Gasteiger partial charge in [0.15, 0.2) is 5.60 Å². The van der Waals surface area contributed by atoms with Crippen molar-refractivity contribution in [3.63, 3.8) is 0 Å². The lowest BCUT2D eigenvalue weighted by molar-refractivity contribution is 0.0831. The fourth-order valence-electron chi connectivity index (χ4n) is 3.04. The molecule has 1 N–H and O–H groups in total. The number of carbonyl (C=O) groups excluding carboxylic acids is 1. The predicted octanol–water partition coefficient (Wildman–Crippen LogP) is 5.46. The van der Waals surface area contributed by atoms with Gasteiger partial charge in [-0.05, 0) is 39.5 Å². The molecule has 1 heterocycles. The van der Waals surface area contributed by atoms with E-state index in [2.05, 4.69) is 28.2 Å². The second-order valence-electron chi connectivity index (χ2n) is 6.33. The first-order valence-electron chi connectivity index (χ1n) is 8.68. The summed E-state index contributed by atoms with van der Waals surface area (Å²) in [7, 11) is 0. The molecule has 0 spiro atoms. The van der Waals surface area contributed by atoms with E-state index in [9.17, 15) is 4.79 Å². The summed E-state index contributed by atoms with van der Waals surface area (Å²) < 4.78 is 12.3. The van der Waals surface area contributed by atoms with Gasteiger partial charge in [-0.3, -0.25) is 0 Å². The van der Waals surface area contributed by atoms with Crippen molar-refractivity contribution >= 4 is 33.6 Å². The molecule has 138 valence electrons. The second kappa shape index (κ2) is 8.31. The van der Waals surface area contributed by atoms with E-state index in [1.807, 2.05) is 42.5 Å². The molecule has 0 saturated carbocycles. The van der Waals surface area contributed by atoms with Gasteiger partial charge in [-0.25, -0.2) is 4.79 Å². The number of nitrogens with one attached hydrogen (secondary N) is 1. The van der Waals surface area contributed by atoms with Crippen LogP contribution in [0.2, 0.25) is 5.02 Å². The number of unbranched alkanes of at least 4 members (excludes halogenated alkanes) is 1. The maximum atomic E-state index is 12.0. The summed E-state index contributed by atoms with van der Waals surface area (Å²) in [5.74, 6) is 0.725. The van der Waals surface area contributed by atoms with Crippen LogP contribution >= 0.6 is 27.5 Å². The number of hydrogen-bond donors (Lipinski definition) is 1. The molecule has 3 rings (SSSR count). The maximum absolute atomic E-state index is 12.0. The Morgan fingerprint density at radius 1 is 1.31 bits per heavy atom. The summed E-state index contributed by atoms with van der Waals surface area (Å²) >= 11 is 9.72. The minimum absolute atomic E-state index is 0.306. The summed E-state index contributed by atoms with van der Waals surface area (Å²) in [6, 6.07) is 13.7. The summed E-state index contributed by atoms with van der Waals surface area (Å²) in [4.78, 5) is 12.0. The van der Waals surface area contributed by atoms with Gasteiger partial charge in [0.2, 0.25) is 0 Å². The number of amides is 1. The Hall–Kier alpha value is -1.72. The Kier molecular flexibility index (Phi) is 6.09. The first kappa shape index (κ1) is 19.1. The average Bonchev–Trinajstić information content (AvgIpc) is 3.05. The molecule has 0 saturated heterocycles. The monoisotopic (exact) mass is 437 g/mol. The lowest BCUT2D eigenvalue weighted by Gasteiger charge is -2.29. The molecule has 2 aromatic carbocycles. The Labute approximate surface area is 167 Å². The van der Waals surface area contributed by atoms with E-state index in [0.29, 0.717) is 24.6 Å². The molecular formula is C20H21BrClNO3. The molecule has 1 unspecified atom stereocenters. The highest BCUT2D eigenvalue weighted by molar-refractivity contribution is 9.10. The SMILES string of the molecule is CCCCOC(=O)NCC1(c2ccccc2)Cc2ccc(Cl)c(Br)c2O1. The van der Waals surface area contributed by atoms with Gasteiger partial charge in [0.05, 0.1) is 22.6 Å². The molecule has 26 heavy (non-hydrogen) atoms. The quantitative estimate of drug-likeness (QED) is 0.609. The predicted molar refractivity (Wildman–Crippen MR) is 106 cm³/mol. The number of alkyl carbamates (subject to hydrolysis) is 1. The van der Waals surface area contributed by atoms with Crippen LogP contribution in [0.15, 0.2) is 46.9 Å². The third-order valence-corrected chi connectivity index (χ3v) is 5.78. The number of hydrogen-bond acceptors (Lipinski definition) is 3. The third-order valence-electron chi connectivity index (χ3n) is 4.45. The molecule has 2 aromatic rings. The van der Waals surface area contributed by atoms with E-state index in [1.165, 1.54) is 0 Å². The summed E-state index contributed by atoms with van der Waals surface area (Å²) in [5, 5.41) is 3.45. The molecule has 0 fully saturated rings. The van der Waals surface area contributed by atoms with Crippen LogP contribution < -0.4 is 10.1 Å². The van der Waals surface area contributed by atoms with Crippen molar-refractivity contribution in [1.82, 2.24) is 5.32 Å². The first-order valence-corrected chi connectivity index (χ1v) is 9.85. The van der Waals surface area contributed by atoms with Gasteiger partial charge in [0.25, 0.3) is 0 Å². The van der Waals surface area contributed by atoms with Gasteiger partial charge in [-0.15, -0.1) is 0 Å². The van der Waals surface area contributed by atoms with E-state index in [1.54, 1.807) is 0 Å². The van der Waals surface area contributed by atoms with E-state index < -0.39 is 11.7 Å². The summed E-state index contributed by atoms with van der Waals surface area (Å²) in [6.07, 6.45) is 2.04. The Morgan fingerprint density at radius 2 is 2.08 bits per heavy atom. The van der Waals surface area contributed by atoms with Crippen molar-refractivity contribution in [2.75, 3.05) is 13.2 Å². The van der Waals surface area contributed by atoms with Crippen LogP contribution in [0.5, 0.6) is 5.75 Å². The number of rotatable bonds is 6. The highest BCUT2D eigenvalue weighted by Crippen LogP contribution is 2.47. The van der Waals surface area contributed by atoms with Crippen molar-refractivity contribution < 1.29 is 14.3 Å². The van der Waals surface area contributed by atoms with Crippen molar-refractivity contribution in [3.05, 3.63) is 63.1 Å². The average molecular weight is 439 g/mol. The van der Waals surface area contributed by atoms with Gasteiger partial charge in [-0.1, -0.05) is 61.3 Å². The summed E-state index contributed by atoms with van der Waals surface area (Å²) in [6.45, 7) is 2.78. The van der Waals surface area contributed by atoms with Crippen LogP contribution in [0, 0.1) is 0 Å². The highest BCUT2D eigenvalue weighted by Gasteiger charge is 2.42. The molecule has 0 radical (unpaired) electrons. The van der Waals surface area contributed by atoms with Crippen LogP contribution in [-0.2, 0) is 16.8 Å². The molecule has 1 amide bonds. The molecule has 6 heteroatoms. The van der Waals surface area contributed by atoms with Gasteiger partial charge in [0, 0.05) is 6.42 Å². The normalized spacial score (nSPS) is 18.1. The fourth-order valence-corrected chi connectivity index (χ4v) is 3.66. The fraction of sp³-hybridized carbons (Fsp3) is 0.350. The molecule has 1 atom stereocenters. The lowest BCUT2D eigenvalue weighted by Crippen LogP contribution is -2.44. The van der Waals surface area contributed by atoms with Gasteiger partial charge < -0.3 is 14.8 Å². The van der Waals surface area contributed by atoms with Crippen molar-refractivity contribution in [3.8, 4) is 5.75 Å². The first-order chi connectivity index (χ1) is 12.6. The van der Waals surface area contributed by atoms with Crippen molar-refractivity contribution in [2.24, 2.45) is 0 Å². The number of ether oxygens (including phenoxy) is 2. The minimum atomic E-state index is -0.694. The van der Waals surface area contributed by atoms with Crippen LogP contribution in [0.25, 0.3) is 0 Å². The number of benzene rings is 2. The zero-order valence-corrected chi connectivity index (χ0v) is 16.9. The van der Waals surface area contributed by atoms with Crippen molar-refractivity contribution in [2.45, 2.75) is 31.8 Å². The van der Waals surface area contributed by atoms with Gasteiger partial charge in [0.1, 0.15) is 5.75 Å². The standard InChI is InChI=1S/C20H21BrClNO3/c1-2-3-11-25-19(24)23-13-20(15-7-5-4-6-8-15)12-14-9-10-16(22)17(21)18(14)26-20/h4-10H,2-3,11-13H2,1H3,(H,23,24). The molecule has 0 aromatic heterocycles. The smallest absolute Gasteiger partial charge is 0.407 e. The molecule has 1 aliphatic heterocycles. The molecule has 0 bridgehead atoms. The van der Waals surface area contributed by atoms with Crippen LogP contribution in [0.1, 0.15) is 30.9 Å². The Morgan fingerprint density at radius 3 is 2.81 bits per heavy atom. The van der Waals surface area contributed by atoms with Crippen LogP contribution in [0.3, 0.4) is 0 Å². The second-order valence-corrected chi connectivity index (χ2v) is 7.53. The summed E-state index contributed by atoms with van der Waals surface area (Å²) in [5.41, 5.74) is 1.35. The van der Waals surface area contributed by atoms with E-state index in [0.717, 1.165) is 34.2 Å². The minimum Gasteiger partial charge on any atom is -0.479 e. The number of fused-ring (bicyclic) bond motifs is 1. The van der Waals surface area contributed by atoms with Crippen LogP contribution in [0.4, 0.5) is 4.79 Å². The Bertz CT molecular complexity index is 784. The lowest BCUT2D eigenvalue weighted by atomic mass is 9.89. The van der Waals surface area contributed by atoms with E-state index in [4.69, 9.17) is 21.1 Å².